The van der Waals surface area contributed by atoms with Crippen LogP contribution in [0.1, 0.15) is 277 Å². The van der Waals surface area contributed by atoms with Crippen molar-refractivity contribution in [3.05, 3.63) is 0 Å². The number of carboxylic acids is 6. The van der Waals surface area contributed by atoms with Crippen molar-refractivity contribution < 1.29 is 59.4 Å². The van der Waals surface area contributed by atoms with Gasteiger partial charge in [-0.2, -0.15) is 0 Å². The first kappa shape index (κ1) is 83.4. The molecule has 0 bridgehead atoms. The topological polar surface area (TPSA) is 241 Å². The van der Waals surface area contributed by atoms with Crippen LogP contribution >= 0.6 is 0 Å². The van der Waals surface area contributed by atoms with Gasteiger partial charge in [-0.15, -0.1) is 0 Å². The number of rotatable bonds is 30. The second-order valence-electron chi connectivity index (χ2n) is 21.2. The average molecular weight is 1360 g/mol. The first-order valence-electron chi connectivity index (χ1n) is 25.6. The summed E-state index contributed by atoms with van der Waals surface area (Å²) in [4.78, 5) is 61.1. The summed E-state index contributed by atoms with van der Waals surface area (Å²) in [5, 5.41) is 61.1. The molecule has 0 rings (SSSR count). The first-order valence-corrected chi connectivity index (χ1v) is 25.6. The third-order valence-corrected chi connectivity index (χ3v) is 10.6. The van der Waals surface area contributed by atoms with E-state index in [0.29, 0.717) is 35.5 Å². The Morgan fingerprint density at radius 3 is 0.632 bits per heavy atom. The molecule has 0 aliphatic carbocycles. The molecular formula is C54H102Bi2O12. The molecule has 0 aliphatic rings. The van der Waals surface area contributed by atoms with Crippen LogP contribution in [0, 0.1) is 34.0 Å². The predicted octanol–water partition coefficient (Wildman–Crippen LogP) is 7.30. The molecule has 0 aromatic carbocycles. The zero-order valence-corrected chi connectivity index (χ0v) is 53.1. The van der Waals surface area contributed by atoms with Crippen LogP contribution in [0.15, 0.2) is 0 Å². The normalized spacial score (nSPS) is 11.9. The standard InChI is InChI=1S/3C10H20O2.3C8H16O2.2Bi/c3*1-10(2,3)8-6-4-5-7-9(11)12;3*1-3-5-6-7(4-2)8(9)10;;/h3*4-8H2,1-3H3,(H,11,12);3*7H,3-6H2,1-2H3,(H,9,10);;/q;;;;;;2*+3/p-6. The number of carboxylic acid groups (broad SMARTS) is 6. The third kappa shape index (κ3) is 84.5. The van der Waals surface area contributed by atoms with Gasteiger partial charge in [-0.25, -0.2) is 0 Å². The van der Waals surface area contributed by atoms with Crippen LogP contribution in [-0.2, 0) is 28.8 Å². The molecule has 0 amide bonds. The summed E-state index contributed by atoms with van der Waals surface area (Å²) in [7, 11) is 0. The van der Waals surface area contributed by atoms with Gasteiger partial charge in [0.05, 0.1) is 0 Å². The van der Waals surface area contributed by atoms with Crippen molar-refractivity contribution >= 4 is 88.2 Å². The van der Waals surface area contributed by atoms with E-state index in [9.17, 15) is 59.4 Å². The molecule has 12 nitrogen and oxygen atoms in total. The molecular weight excluding hydrogens is 1260 g/mol. The van der Waals surface area contributed by atoms with Gasteiger partial charge in [0.2, 0.25) is 0 Å². The molecule has 0 aromatic rings. The van der Waals surface area contributed by atoms with E-state index in [1.165, 1.54) is 19.3 Å². The maximum Gasteiger partial charge on any atom is 3.00 e. The molecule has 3 atom stereocenters. The number of carbonyl (C=O) groups excluding carboxylic acids is 6. The fraction of sp³-hybridized carbons (Fsp3) is 0.889. The van der Waals surface area contributed by atoms with Crippen LogP contribution in [0.4, 0.5) is 0 Å². The minimum absolute atomic E-state index is 0. The van der Waals surface area contributed by atoms with Crippen molar-refractivity contribution in [2.24, 2.45) is 34.0 Å². The minimum Gasteiger partial charge on any atom is -0.550 e. The number of carbonyl (C=O) groups is 6. The summed E-state index contributed by atoms with van der Waals surface area (Å²) in [6.07, 6.45) is 23.4. The van der Waals surface area contributed by atoms with Crippen molar-refractivity contribution in [2.75, 3.05) is 0 Å². The van der Waals surface area contributed by atoms with Gasteiger partial charge in [0.1, 0.15) is 0 Å². The zero-order chi connectivity index (χ0) is 52.8. The molecule has 0 aliphatic heterocycles. The Bertz CT molecular complexity index is 1030. The third-order valence-electron chi connectivity index (χ3n) is 10.6. The molecule has 3 unspecified atom stereocenters. The number of hydrogen-bond donors (Lipinski definition) is 0. The molecule has 0 saturated carbocycles. The monoisotopic (exact) mass is 1360 g/mol. The second kappa shape index (κ2) is 54.9. The average Bonchev–Trinajstić information content (AvgIpc) is 3.17. The molecule has 0 N–H and O–H groups in total. The van der Waals surface area contributed by atoms with E-state index in [4.69, 9.17) is 0 Å². The second-order valence-corrected chi connectivity index (χ2v) is 21.2. The summed E-state index contributed by atoms with van der Waals surface area (Å²) in [6, 6.07) is 0. The summed E-state index contributed by atoms with van der Waals surface area (Å²) in [6.45, 7) is 31.6. The molecule has 0 spiro atoms. The fourth-order valence-electron chi connectivity index (χ4n) is 6.12. The van der Waals surface area contributed by atoms with Gasteiger partial charge in [0, 0.05) is 35.8 Å². The van der Waals surface area contributed by atoms with Crippen molar-refractivity contribution in [2.45, 2.75) is 277 Å². The van der Waals surface area contributed by atoms with Gasteiger partial charge in [-0.05, 0) is 130 Å². The van der Waals surface area contributed by atoms with Crippen LogP contribution < -0.4 is 30.6 Å². The van der Waals surface area contributed by atoms with E-state index in [-0.39, 0.29) is 89.4 Å². The summed E-state index contributed by atoms with van der Waals surface area (Å²) < 4.78 is 0. The molecule has 0 fully saturated rings. The number of hydrogen-bond acceptors (Lipinski definition) is 12. The largest absolute Gasteiger partial charge is 3.00 e. The predicted molar refractivity (Wildman–Crippen MR) is 269 cm³/mol. The Kier molecular flexibility index (Phi) is 67.4. The van der Waals surface area contributed by atoms with E-state index in [1.807, 2.05) is 20.8 Å². The molecule has 0 saturated heterocycles. The van der Waals surface area contributed by atoms with Crippen molar-refractivity contribution in [1.82, 2.24) is 0 Å². The first-order chi connectivity index (χ1) is 30.4. The minimum atomic E-state index is -0.925. The van der Waals surface area contributed by atoms with E-state index in [1.54, 1.807) is 0 Å². The summed E-state index contributed by atoms with van der Waals surface area (Å²) in [5.74, 6) is -6.12. The molecule has 4 radical (unpaired) electrons. The van der Waals surface area contributed by atoms with Crippen LogP contribution in [0.3, 0.4) is 0 Å². The maximum atomic E-state index is 10.3. The van der Waals surface area contributed by atoms with Gasteiger partial charge in [0.25, 0.3) is 0 Å². The summed E-state index contributed by atoms with van der Waals surface area (Å²) >= 11 is 0. The fourth-order valence-corrected chi connectivity index (χ4v) is 6.12. The molecule has 0 heterocycles. The Labute approximate surface area is 455 Å². The van der Waals surface area contributed by atoms with Crippen LogP contribution in [0.5, 0.6) is 0 Å². The van der Waals surface area contributed by atoms with Crippen LogP contribution in [-0.4, -0.2) is 88.2 Å². The van der Waals surface area contributed by atoms with Crippen molar-refractivity contribution in [3.63, 3.8) is 0 Å². The maximum absolute atomic E-state index is 10.3. The van der Waals surface area contributed by atoms with Crippen LogP contribution in [0.2, 0.25) is 0 Å². The molecule has 68 heavy (non-hydrogen) atoms. The number of aliphatic carboxylic acids is 6. The number of unbranched alkanes of at least 4 members (excludes halogenated alkanes) is 9. The van der Waals surface area contributed by atoms with E-state index >= 15 is 0 Å². The zero-order valence-electron chi connectivity index (χ0n) is 46.1. The Morgan fingerprint density at radius 1 is 0.324 bits per heavy atom. The van der Waals surface area contributed by atoms with E-state index in [2.05, 4.69) is 83.1 Å². The molecule has 14 heteroatoms. The van der Waals surface area contributed by atoms with Gasteiger partial charge >= 0.3 is 52.4 Å². The van der Waals surface area contributed by atoms with Gasteiger partial charge in [0.15, 0.2) is 0 Å². The molecule has 0 aromatic heterocycles. The quantitative estimate of drug-likeness (QED) is 0.0509. The van der Waals surface area contributed by atoms with E-state index < -0.39 is 35.8 Å². The van der Waals surface area contributed by atoms with Gasteiger partial charge < -0.3 is 59.4 Å². The molecule has 400 valence electrons. The summed E-state index contributed by atoms with van der Waals surface area (Å²) in [5.41, 5.74) is 1.13. The van der Waals surface area contributed by atoms with Crippen molar-refractivity contribution in [1.29, 1.82) is 0 Å². The van der Waals surface area contributed by atoms with Gasteiger partial charge in [-0.1, -0.05) is 181 Å². The Balaban J connectivity index is -0.000000105. The Morgan fingerprint density at radius 2 is 0.515 bits per heavy atom. The van der Waals surface area contributed by atoms with Crippen molar-refractivity contribution in [3.8, 4) is 0 Å². The Hall–Kier alpha value is -1.41. The van der Waals surface area contributed by atoms with E-state index in [0.717, 1.165) is 116 Å². The van der Waals surface area contributed by atoms with Gasteiger partial charge in [-0.3, -0.25) is 0 Å². The SMILES string of the molecule is CC(C)(C)CCCCCC(=O)[O-].CC(C)(C)CCCCCC(=O)[O-].CC(C)(C)CCCCCC(=O)[O-].CCCCC(CC)C(=O)[O-].CCCCC(CC)C(=O)[O-].CCCCC(CC)C(=O)[O-].[Bi+3].[Bi+3]. The van der Waals surface area contributed by atoms with Crippen LogP contribution in [0.25, 0.3) is 0 Å². The smallest absolute Gasteiger partial charge is 0.550 e.